The van der Waals surface area contributed by atoms with Crippen LogP contribution in [0.5, 0.6) is 0 Å². The maximum Gasteiger partial charge on any atom is 0.210 e. The van der Waals surface area contributed by atoms with E-state index in [4.69, 9.17) is 4.74 Å². The lowest BCUT2D eigenvalue weighted by atomic mass is 9.92. The fraction of sp³-hybridized carbons (Fsp3) is 0.333. The summed E-state index contributed by atoms with van der Waals surface area (Å²) in [6.45, 7) is 3.23. The van der Waals surface area contributed by atoms with Crippen molar-refractivity contribution in [1.82, 2.24) is 5.32 Å². The van der Waals surface area contributed by atoms with Crippen LogP contribution >= 0.6 is 0 Å². The molecule has 1 aromatic carbocycles. The van der Waals surface area contributed by atoms with Crippen LogP contribution in [0.25, 0.3) is 0 Å². The lowest BCUT2D eigenvalue weighted by Gasteiger charge is -2.20. The Kier molecular flexibility index (Phi) is 5.03. The zero-order valence-electron chi connectivity index (χ0n) is 12.0. The molecule has 2 rings (SSSR count). The van der Waals surface area contributed by atoms with Crippen LogP contribution in [-0.4, -0.2) is 41.8 Å². The van der Waals surface area contributed by atoms with Gasteiger partial charge in [-0.05, 0) is 6.92 Å². The minimum Gasteiger partial charge on any atom is -0.380 e. The minimum atomic E-state index is -1.54. The molecule has 0 spiro atoms. The van der Waals surface area contributed by atoms with Crippen LogP contribution in [0.15, 0.2) is 34.9 Å². The van der Waals surface area contributed by atoms with Crippen LogP contribution in [0, 0.1) is 0 Å². The van der Waals surface area contributed by atoms with Crippen molar-refractivity contribution in [2.24, 2.45) is 0 Å². The highest BCUT2D eigenvalue weighted by molar-refractivity contribution is 7.89. The molecule has 0 radical (unpaired) electrons. The molecule has 1 N–H and O–H groups in total. The molecule has 5 nitrogen and oxygen atoms in total. The van der Waals surface area contributed by atoms with Gasteiger partial charge in [0.1, 0.15) is 10.6 Å². The first-order valence-electron chi connectivity index (χ1n) is 6.65. The molecule has 1 aromatic rings. The molecule has 0 aliphatic heterocycles. The number of hydrogen-bond acceptors (Lipinski definition) is 5. The summed E-state index contributed by atoms with van der Waals surface area (Å²) in [6.07, 6.45) is 1.40. The molecule has 1 atom stereocenters. The second-order valence-electron chi connectivity index (χ2n) is 4.49. The number of Topliss-reactive ketones (excluding diaryl/α,β-unsaturated/α-hetero) is 2. The third kappa shape index (κ3) is 3.11. The van der Waals surface area contributed by atoms with Crippen LogP contribution in [0.1, 0.15) is 27.6 Å². The Morgan fingerprint density at radius 3 is 2.33 bits per heavy atom. The molecule has 0 saturated carbocycles. The van der Waals surface area contributed by atoms with Crippen LogP contribution in [0.2, 0.25) is 0 Å². The van der Waals surface area contributed by atoms with Crippen molar-refractivity contribution >= 4 is 22.4 Å². The maximum atomic E-state index is 12.5. The SMILES string of the molecule is CCOCCNC1=C(S(C)=O)C(=O)c2ccccc2C1=O. The summed E-state index contributed by atoms with van der Waals surface area (Å²) < 4.78 is 17.1. The summed E-state index contributed by atoms with van der Waals surface area (Å²) in [4.78, 5) is 25.0. The molecule has 6 heteroatoms. The van der Waals surface area contributed by atoms with Gasteiger partial charge < -0.3 is 10.1 Å². The highest BCUT2D eigenvalue weighted by Crippen LogP contribution is 2.26. The Bertz CT molecular complexity index is 636. The van der Waals surface area contributed by atoms with Gasteiger partial charge in [-0.25, -0.2) is 0 Å². The summed E-state index contributed by atoms with van der Waals surface area (Å²) in [5, 5.41) is 2.90. The number of rotatable bonds is 6. The van der Waals surface area contributed by atoms with Gasteiger partial charge in [-0.1, -0.05) is 24.3 Å². The van der Waals surface area contributed by atoms with Gasteiger partial charge in [-0.15, -0.1) is 0 Å². The second kappa shape index (κ2) is 6.78. The first-order chi connectivity index (χ1) is 10.1. The Morgan fingerprint density at radius 1 is 1.14 bits per heavy atom. The van der Waals surface area contributed by atoms with Crippen molar-refractivity contribution in [3.8, 4) is 0 Å². The van der Waals surface area contributed by atoms with Gasteiger partial charge in [0.05, 0.1) is 17.4 Å². The van der Waals surface area contributed by atoms with E-state index >= 15 is 0 Å². The third-order valence-corrected chi connectivity index (χ3v) is 4.08. The molecule has 21 heavy (non-hydrogen) atoms. The molecule has 112 valence electrons. The van der Waals surface area contributed by atoms with E-state index in [0.29, 0.717) is 30.9 Å². The summed E-state index contributed by atoms with van der Waals surface area (Å²) in [6, 6.07) is 6.58. The van der Waals surface area contributed by atoms with Crippen LogP contribution in [0.4, 0.5) is 0 Å². The topological polar surface area (TPSA) is 72.5 Å². The van der Waals surface area contributed by atoms with Gasteiger partial charge in [0.15, 0.2) is 0 Å². The zero-order valence-corrected chi connectivity index (χ0v) is 12.8. The normalized spacial score (nSPS) is 15.9. The van der Waals surface area contributed by atoms with Crippen molar-refractivity contribution in [1.29, 1.82) is 0 Å². The maximum absolute atomic E-state index is 12.5. The van der Waals surface area contributed by atoms with Crippen molar-refractivity contribution < 1.29 is 18.5 Å². The molecule has 0 fully saturated rings. The minimum absolute atomic E-state index is 0.0372. The molecule has 1 aliphatic carbocycles. The fourth-order valence-corrected chi connectivity index (χ4v) is 3.00. The fourth-order valence-electron chi connectivity index (χ4n) is 2.18. The van der Waals surface area contributed by atoms with Crippen LogP contribution in [0.3, 0.4) is 0 Å². The van der Waals surface area contributed by atoms with E-state index in [2.05, 4.69) is 5.32 Å². The number of hydrogen-bond donors (Lipinski definition) is 1. The highest BCUT2D eigenvalue weighted by atomic mass is 32.2. The van der Waals surface area contributed by atoms with Crippen molar-refractivity contribution in [3.63, 3.8) is 0 Å². The van der Waals surface area contributed by atoms with Gasteiger partial charge in [-0.3, -0.25) is 13.8 Å². The molecule has 0 saturated heterocycles. The smallest absolute Gasteiger partial charge is 0.210 e. The molecule has 0 heterocycles. The van der Waals surface area contributed by atoms with Gasteiger partial charge in [0.25, 0.3) is 0 Å². The quantitative estimate of drug-likeness (QED) is 0.802. The van der Waals surface area contributed by atoms with Crippen molar-refractivity contribution in [2.75, 3.05) is 26.0 Å². The Balaban J connectivity index is 2.37. The van der Waals surface area contributed by atoms with Crippen LogP contribution in [-0.2, 0) is 15.5 Å². The molecule has 0 amide bonds. The number of fused-ring (bicyclic) bond motifs is 1. The lowest BCUT2D eigenvalue weighted by molar-refractivity contribution is 0.0971. The third-order valence-electron chi connectivity index (χ3n) is 3.12. The molecular formula is C15H17NO4S. The molecule has 1 aliphatic rings. The van der Waals surface area contributed by atoms with Gasteiger partial charge >= 0.3 is 0 Å². The second-order valence-corrected chi connectivity index (χ2v) is 5.80. The largest absolute Gasteiger partial charge is 0.380 e. The highest BCUT2D eigenvalue weighted by Gasteiger charge is 2.33. The van der Waals surface area contributed by atoms with E-state index in [0.717, 1.165) is 0 Å². The van der Waals surface area contributed by atoms with Gasteiger partial charge in [0.2, 0.25) is 11.6 Å². The molecule has 0 aromatic heterocycles. The molecule has 0 bridgehead atoms. The number of nitrogens with one attached hydrogen (secondary N) is 1. The number of ether oxygens (including phenoxy) is 1. The summed E-state index contributed by atoms with van der Waals surface area (Å²) in [7, 11) is -1.54. The van der Waals surface area contributed by atoms with E-state index in [-0.39, 0.29) is 22.2 Å². The predicted octanol–water partition coefficient (Wildman–Crippen LogP) is 1.28. The number of carbonyl (C=O) groups is 2. The predicted molar refractivity (Wildman–Crippen MR) is 80.7 cm³/mol. The Labute approximate surface area is 125 Å². The van der Waals surface area contributed by atoms with E-state index in [1.807, 2.05) is 6.92 Å². The van der Waals surface area contributed by atoms with E-state index in [1.54, 1.807) is 24.3 Å². The summed E-state index contributed by atoms with van der Waals surface area (Å²) >= 11 is 0. The number of benzene rings is 1. The average Bonchev–Trinajstić information content (AvgIpc) is 2.48. The monoisotopic (exact) mass is 307 g/mol. The first-order valence-corrected chi connectivity index (χ1v) is 8.21. The van der Waals surface area contributed by atoms with Crippen molar-refractivity contribution in [3.05, 3.63) is 46.0 Å². The zero-order chi connectivity index (χ0) is 15.4. The summed E-state index contributed by atoms with van der Waals surface area (Å²) in [5.74, 6) is -0.656. The number of ketones is 2. The number of allylic oxidation sites excluding steroid dienone is 2. The van der Waals surface area contributed by atoms with E-state index in [1.165, 1.54) is 6.26 Å². The Hall–Kier alpha value is -1.79. The lowest BCUT2D eigenvalue weighted by Crippen LogP contribution is -2.33. The van der Waals surface area contributed by atoms with Gasteiger partial charge in [0, 0.05) is 30.5 Å². The number of carbonyl (C=O) groups excluding carboxylic acids is 2. The van der Waals surface area contributed by atoms with Crippen LogP contribution < -0.4 is 5.32 Å². The van der Waals surface area contributed by atoms with E-state index < -0.39 is 10.8 Å². The van der Waals surface area contributed by atoms with Crippen molar-refractivity contribution in [2.45, 2.75) is 6.92 Å². The average molecular weight is 307 g/mol. The first kappa shape index (κ1) is 15.6. The molecular weight excluding hydrogens is 290 g/mol. The summed E-state index contributed by atoms with van der Waals surface area (Å²) in [5.41, 5.74) is 0.776. The Morgan fingerprint density at radius 2 is 1.76 bits per heavy atom. The van der Waals surface area contributed by atoms with Gasteiger partial charge in [-0.2, -0.15) is 0 Å². The molecule has 1 unspecified atom stereocenters. The standard InChI is InChI=1S/C15H17NO4S/c1-3-20-9-8-16-12-13(17)10-6-4-5-7-11(10)14(18)15(12)21(2)19/h4-7,16H,3,8-9H2,1-2H3. The van der Waals surface area contributed by atoms with E-state index in [9.17, 15) is 13.8 Å².